The standard InChI is InChI=1S/C29H34ClF3N2O7S/c1-3-17-11-19(9-15(2)29(17,40)14-34-27(38)28(39)8-4-5-24(28)36)43(41,42)23-10-16(6-7-20(23)30)26(37)35-18-12-21(31)25(33)22(32)13-18/h6-7,10,12-13,15,17,19,24,36,39-40H,3-5,8-9,11,14H2,1-2H3,(H,34,38)(H,35,37)/t15-,17?,19-,24+,28-,29-/m0/s1. The summed E-state index contributed by atoms with van der Waals surface area (Å²) in [6.45, 7) is 3.17. The van der Waals surface area contributed by atoms with Crippen LogP contribution < -0.4 is 10.6 Å². The number of halogens is 4. The molecule has 0 aromatic heterocycles. The SMILES string of the molecule is CCC1C[C@@H](S(=O)(=O)c2cc(C(=O)Nc3cc(F)c(F)c(F)c3)ccc2Cl)C[C@H](C)[C@@]1(O)CNC(=O)[C@]1(O)CCC[C@H]1O. The molecule has 0 saturated heterocycles. The van der Waals surface area contributed by atoms with Gasteiger partial charge in [0.1, 0.15) is 0 Å². The molecule has 43 heavy (non-hydrogen) atoms. The van der Waals surface area contributed by atoms with Crippen LogP contribution in [-0.4, -0.2) is 64.7 Å². The topological polar surface area (TPSA) is 153 Å². The Balaban J connectivity index is 1.53. The molecule has 2 aliphatic rings. The Bertz CT molecular complexity index is 1500. The van der Waals surface area contributed by atoms with E-state index in [9.17, 15) is 46.5 Å². The summed E-state index contributed by atoms with van der Waals surface area (Å²) in [7, 11) is -4.18. The molecular formula is C29H34ClF3N2O7S. The minimum atomic E-state index is -4.18. The van der Waals surface area contributed by atoms with Crippen LogP contribution in [0.25, 0.3) is 0 Å². The van der Waals surface area contributed by atoms with E-state index in [1.165, 1.54) is 12.1 Å². The molecule has 6 atom stereocenters. The lowest BCUT2D eigenvalue weighted by Crippen LogP contribution is -2.60. The molecule has 0 heterocycles. The van der Waals surface area contributed by atoms with Crippen molar-refractivity contribution in [3.63, 3.8) is 0 Å². The van der Waals surface area contributed by atoms with Gasteiger partial charge in [-0.2, -0.15) is 0 Å². The van der Waals surface area contributed by atoms with E-state index in [0.717, 1.165) is 6.07 Å². The highest BCUT2D eigenvalue weighted by Gasteiger charge is 2.52. The van der Waals surface area contributed by atoms with Crippen molar-refractivity contribution in [2.24, 2.45) is 11.8 Å². The first kappa shape index (κ1) is 33.2. The number of carbonyl (C=O) groups is 2. The molecule has 2 fully saturated rings. The van der Waals surface area contributed by atoms with Crippen molar-refractivity contribution in [3.05, 3.63) is 58.4 Å². The molecule has 0 spiro atoms. The monoisotopic (exact) mass is 646 g/mol. The third-order valence-electron chi connectivity index (χ3n) is 8.91. The Kier molecular flexibility index (Phi) is 9.53. The third-order valence-corrected chi connectivity index (χ3v) is 11.6. The largest absolute Gasteiger partial charge is 0.390 e. The summed E-state index contributed by atoms with van der Waals surface area (Å²) < 4.78 is 68.1. The van der Waals surface area contributed by atoms with Crippen LogP contribution in [0.5, 0.6) is 0 Å². The zero-order valence-electron chi connectivity index (χ0n) is 23.5. The van der Waals surface area contributed by atoms with Gasteiger partial charge in [-0.3, -0.25) is 9.59 Å². The summed E-state index contributed by atoms with van der Waals surface area (Å²) in [4.78, 5) is 25.2. The molecule has 2 aromatic carbocycles. The van der Waals surface area contributed by atoms with Gasteiger partial charge in [-0.1, -0.05) is 31.9 Å². The Labute approximate surface area is 252 Å². The van der Waals surface area contributed by atoms with E-state index in [0.29, 0.717) is 25.0 Å². The van der Waals surface area contributed by atoms with Crippen LogP contribution >= 0.6 is 11.6 Å². The number of sulfone groups is 1. The van der Waals surface area contributed by atoms with Crippen LogP contribution in [0.4, 0.5) is 18.9 Å². The fourth-order valence-electron chi connectivity index (χ4n) is 6.19. The molecule has 2 saturated carbocycles. The van der Waals surface area contributed by atoms with Gasteiger partial charge in [0.25, 0.3) is 11.8 Å². The number of nitrogens with one attached hydrogen (secondary N) is 2. The molecule has 14 heteroatoms. The number of anilines is 1. The predicted octanol–water partition coefficient (Wildman–Crippen LogP) is 3.73. The average Bonchev–Trinajstić information content (AvgIpc) is 3.30. The molecule has 2 aliphatic carbocycles. The minimum Gasteiger partial charge on any atom is -0.390 e. The first-order chi connectivity index (χ1) is 20.0. The van der Waals surface area contributed by atoms with Crippen molar-refractivity contribution in [3.8, 4) is 0 Å². The summed E-state index contributed by atoms with van der Waals surface area (Å²) in [6.07, 6.45) is -0.0448. The van der Waals surface area contributed by atoms with E-state index in [1.54, 1.807) is 13.8 Å². The Morgan fingerprint density at radius 1 is 1.09 bits per heavy atom. The van der Waals surface area contributed by atoms with Crippen molar-refractivity contribution in [1.29, 1.82) is 0 Å². The van der Waals surface area contributed by atoms with Gasteiger partial charge in [0.2, 0.25) is 0 Å². The highest BCUT2D eigenvalue weighted by Crippen LogP contribution is 2.44. The first-order valence-corrected chi connectivity index (χ1v) is 15.9. The lowest BCUT2D eigenvalue weighted by atomic mass is 9.67. The van der Waals surface area contributed by atoms with Gasteiger partial charge in [0.15, 0.2) is 32.9 Å². The summed E-state index contributed by atoms with van der Waals surface area (Å²) in [5, 5.41) is 35.9. The highest BCUT2D eigenvalue weighted by atomic mass is 35.5. The molecule has 0 radical (unpaired) electrons. The van der Waals surface area contributed by atoms with Crippen LogP contribution in [0.2, 0.25) is 5.02 Å². The number of aliphatic hydroxyl groups is 3. The predicted molar refractivity (Wildman–Crippen MR) is 152 cm³/mol. The maximum atomic E-state index is 13.8. The molecule has 0 aliphatic heterocycles. The van der Waals surface area contributed by atoms with Gasteiger partial charge in [-0.15, -0.1) is 0 Å². The van der Waals surface area contributed by atoms with Crippen molar-refractivity contribution in [2.45, 2.75) is 79.8 Å². The molecule has 2 amide bonds. The molecule has 4 rings (SSSR count). The molecule has 9 nitrogen and oxygen atoms in total. The summed E-state index contributed by atoms with van der Waals surface area (Å²) in [5.74, 6) is -7.67. The molecule has 5 N–H and O–H groups in total. The van der Waals surface area contributed by atoms with E-state index < -0.39 is 73.5 Å². The molecular weight excluding hydrogens is 613 g/mol. The van der Waals surface area contributed by atoms with Crippen LogP contribution in [-0.2, 0) is 14.6 Å². The van der Waals surface area contributed by atoms with Crippen LogP contribution in [0.15, 0.2) is 35.2 Å². The molecule has 1 unspecified atom stereocenters. The van der Waals surface area contributed by atoms with E-state index in [4.69, 9.17) is 11.6 Å². The zero-order chi connectivity index (χ0) is 31.9. The summed E-state index contributed by atoms with van der Waals surface area (Å²) in [6, 6.07) is 4.63. The number of amides is 2. The Hall–Kier alpha value is -2.71. The van der Waals surface area contributed by atoms with Crippen LogP contribution in [0.1, 0.15) is 62.7 Å². The van der Waals surface area contributed by atoms with Gasteiger partial charge in [-0.25, -0.2) is 21.6 Å². The summed E-state index contributed by atoms with van der Waals surface area (Å²) >= 11 is 6.27. The molecule has 2 aromatic rings. The lowest BCUT2D eigenvalue weighted by Gasteiger charge is -2.47. The van der Waals surface area contributed by atoms with Crippen molar-refractivity contribution >= 4 is 38.9 Å². The Morgan fingerprint density at radius 2 is 1.74 bits per heavy atom. The smallest absolute Gasteiger partial charge is 0.255 e. The molecule has 236 valence electrons. The second-order valence-electron chi connectivity index (χ2n) is 11.5. The number of carbonyl (C=O) groups excluding carboxylic acids is 2. The minimum absolute atomic E-state index is 0.00330. The van der Waals surface area contributed by atoms with E-state index in [2.05, 4.69) is 10.6 Å². The lowest BCUT2D eigenvalue weighted by molar-refractivity contribution is -0.152. The number of rotatable bonds is 8. The molecule has 0 bridgehead atoms. The van der Waals surface area contributed by atoms with Gasteiger partial charge < -0.3 is 26.0 Å². The van der Waals surface area contributed by atoms with Crippen molar-refractivity contribution < 1.29 is 46.5 Å². The maximum absolute atomic E-state index is 13.8. The van der Waals surface area contributed by atoms with Crippen molar-refractivity contribution in [2.75, 3.05) is 11.9 Å². The highest BCUT2D eigenvalue weighted by molar-refractivity contribution is 7.92. The van der Waals surface area contributed by atoms with Crippen LogP contribution in [0.3, 0.4) is 0 Å². The fourth-order valence-corrected chi connectivity index (χ4v) is 8.65. The van der Waals surface area contributed by atoms with Gasteiger partial charge in [0, 0.05) is 29.9 Å². The zero-order valence-corrected chi connectivity index (χ0v) is 25.1. The second-order valence-corrected chi connectivity index (χ2v) is 14.1. The van der Waals surface area contributed by atoms with Gasteiger partial charge in [-0.05, 0) is 62.1 Å². The number of benzene rings is 2. The van der Waals surface area contributed by atoms with E-state index in [-0.39, 0.29) is 53.4 Å². The third kappa shape index (κ3) is 6.28. The number of hydrogen-bond acceptors (Lipinski definition) is 7. The first-order valence-electron chi connectivity index (χ1n) is 13.9. The van der Waals surface area contributed by atoms with E-state index >= 15 is 0 Å². The summed E-state index contributed by atoms with van der Waals surface area (Å²) in [5.41, 5.74) is -4.03. The van der Waals surface area contributed by atoms with Crippen molar-refractivity contribution in [1.82, 2.24) is 5.32 Å². The van der Waals surface area contributed by atoms with E-state index in [1.807, 2.05) is 0 Å². The van der Waals surface area contributed by atoms with Crippen LogP contribution in [0, 0.1) is 29.3 Å². The quantitative estimate of drug-likeness (QED) is 0.274. The fraction of sp³-hybridized carbons (Fsp3) is 0.517. The second kappa shape index (κ2) is 12.4. The number of hydrogen-bond donors (Lipinski definition) is 5. The Morgan fingerprint density at radius 3 is 2.33 bits per heavy atom. The van der Waals surface area contributed by atoms with Gasteiger partial charge in [0.05, 0.1) is 26.9 Å². The maximum Gasteiger partial charge on any atom is 0.255 e. The number of aliphatic hydroxyl groups excluding tert-OH is 1. The normalized spacial score (nSPS) is 29.3. The average molecular weight is 647 g/mol. The van der Waals surface area contributed by atoms with Gasteiger partial charge >= 0.3 is 0 Å².